The molecule has 1 fully saturated rings. The number of aliphatic hydroxyl groups is 1. The van der Waals surface area contributed by atoms with Crippen LogP contribution in [0.5, 0.6) is 0 Å². The standard InChI is InChI=1S/C16H24O5/c1-10(7-14-8-11(2)15(18)21-14)5-6-13(9-17)12(3)16(19)20-4/h5,11,13-14,17H,3,6-9H2,1-2,4H3/b10-5+. The summed E-state index contributed by atoms with van der Waals surface area (Å²) in [6.07, 6.45) is 3.81. The van der Waals surface area contributed by atoms with Gasteiger partial charge in [-0.25, -0.2) is 4.79 Å². The second-order valence-corrected chi connectivity index (χ2v) is 5.58. The van der Waals surface area contributed by atoms with E-state index in [4.69, 9.17) is 4.74 Å². The van der Waals surface area contributed by atoms with Crippen molar-refractivity contribution in [1.29, 1.82) is 0 Å². The Morgan fingerprint density at radius 2 is 2.29 bits per heavy atom. The molecule has 0 amide bonds. The van der Waals surface area contributed by atoms with Crippen molar-refractivity contribution in [2.75, 3.05) is 13.7 Å². The molecule has 0 spiro atoms. The van der Waals surface area contributed by atoms with Crippen molar-refractivity contribution < 1.29 is 24.2 Å². The Morgan fingerprint density at radius 3 is 2.76 bits per heavy atom. The number of cyclic esters (lactones) is 1. The molecule has 0 aromatic heterocycles. The summed E-state index contributed by atoms with van der Waals surface area (Å²) in [5.74, 6) is -1.02. The second-order valence-electron chi connectivity index (χ2n) is 5.58. The van der Waals surface area contributed by atoms with Gasteiger partial charge in [-0.1, -0.05) is 25.2 Å². The van der Waals surface area contributed by atoms with Crippen molar-refractivity contribution in [1.82, 2.24) is 0 Å². The van der Waals surface area contributed by atoms with Crippen LogP contribution < -0.4 is 0 Å². The molecule has 3 unspecified atom stereocenters. The summed E-state index contributed by atoms with van der Waals surface area (Å²) in [6, 6.07) is 0. The van der Waals surface area contributed by atoms with E-state index in [0.29, 0.717) is 12.8 Å². The number of ether oxygens (including phenoxy) is 2. The lowest BCUT2D eigenvalue weighted by Crippen LogP contribution is -2.16. The largest absolute Gasteiger partial charge is 0.466 e. The fourth-order valence-corrected chi connectivity index (χ4v) is 2.35. The van der Waals surface area contributed by atoms with Crippen molar-refractivity contribution in [3.05, 3.63) is 23.8 Å². The molecule has 5 nitrogen and oxygen atoms in total. The van der Waals surface area contributed by atoms with Gasteiger partial charge in [0.1, 0.15) is 6.10 Å². The minimum absolute atomic E-state index is 0.0351. The average Bonchev–Trinajstić information content (AvgIpc) is 2.76. The summed E-state index contributed by atoms with van der Waals surface area (Å²) in [5, 5.41) is 9.34. The van der Waals surface area contributed by atoms with Gasteiger partial charge in [-0.3, -0.25) is 4.79 Å². The van der Waals surface area contributed by atoms with Crippen molar-refractivity contribution in [3.63, 3.8) is 0 Å². The molecule has 1 heterocycles. The molecule has 0 radical (unpaired) electrons. The van der Waals surface area contributed by atoms with Crippen LogP contribution >= 0.6 is 0 Å². The maximum absolute atomic E-state index is 11.4. The van der Waals surface area contributed by atoms with Gasteiger partial charge in [0.05, 0.1) is 19.6 Å². The topological polar surface area (TPSA) is 72.8 Å². The van der Waals surface area contributed by atoms with E-state index in [1.54, 1.807) is 0 Å². The van der Waals surface area contributed by atoms with Gasteiger partial charge in [-0.15, -0.1) is 0 Å². The lowest BCUT2D eigenvalue weighted by atomic mass is 9.95. The molecule has 0 aromatic carbocycles. The van der Waals surface area contributed by atoms with Gasteiger partial charge in [0.2, 0.25) is 0 Å². The van der Waals surface area contributed by atoms with Crippen LogP contribution in [0.25, 0.3) is 0 Å². The average molecular weight is 296 g/mol. The van der Waals surface area contributed by atoms with Gasteiger partial charge in [0.25, 0.3) is 0 Å². The molecule has 0 aromatic rings. The van der Waals surface area contributed by atoms with Gasteiger partial charge in [0.15, 0.2) is 0 Å². The number of carbonyl (C=O) groups excluding carboxylic acids is 2. The lowest BCUT2D eigenvalue weighted by Gasteiger charge is -2.14. The van der Waals surface area contributed by atoms with Crippen molar-refractivity contribution in [3.8, 4) is 0 Å². The SMILES string of the molecule is C=C(C(=O)OC)C(CO)C/C=C(\C)CC1CC(C)C(=O)O1. The molecule has 1 saturated heterocycles. The third-order valence-electron chi connectivity index (χ3n) is 3.76. The highest BCUT2D eigenvalue weighted by molar-refractivity contribution is 5.88. The number of hydrogen-bond acceptors (Lipinski definition) is 5. The van der Waals surface area contributed by atoms with Crippen molar-refractivity contribution in [2.45, 2.75) is 39.2 Å². The van der Waals surface area contributed by atoms with Gasteiger partial charge in [0, 0.05) is 17.9 Å². The van der Waals surface area contributed by atoms with Crippen LogP contribution in [0.15, 0.2) is 23.8 Å². The Kier molecular flexibility index (Phi) is 6.62. The predicted molar refractivity (Wildman–Crippen MR) is 78.4 cm³/mol. The summed E-state index contributed by atoms with van der Waals surface area (Å²) >= 11 is 0. The minimum Gasteiger partial charge on any atom is -0.466 e. The smallest absolute Gasteiger partial charge is 0.333 e. The van der Waals surface area contributed by atoms with Crippen LogP contribution in [0, 0.1) is 11.8 Å². The Bertz CT molecular complexity index is 438. The van der Waals surface area contributed by atoms with Gasteiger partial charge >= 0.3 is 11.9 Å². The third-order valence-corrected chi connectivity index (χ3v) is 3.76. The normalized spacial score (nSPS) is 23.6. The lowest BCUT2D eigenvalue weighted by molar-refractivity contribution is -0.143. The summed E-state index contributed by atoms with van der Waals surface area (Å²) < 4.78 is 9.86. The Morgan fingerprint density at radius 1 is 1.62 bits per heavy atom. The van der Waals surface area contributed by atoms with Gasteiger partial charge < -0.3 is 14.6 Å². The van der Waals surface area contributed by atoms with Crippen LogP contribution in [0.2, 0.25) is 0 Å². The van der Waals surface area contributed by atoms with E-state index in [9.17, 15) is 14.7 Å². The fraction of sp³-hybridized carbons (Fsp3) is 0.625. The predicted octanol–water partition coefficient (Wildman–Crippen LogP) is 2.00. The van der Waals surface area contributed by atoms with Crippen molar-refractivity contribution in [2.24, 2.45) is 11.8 Å². The number of rotatable bonds is 7. The zero-order valence-corrected chi connectivity index (χ0v) is 12.9. The molecule has 21 heavy (non-hydrogen) atoms. The molecule has 1 aliphatic rings. The van der Waals surface area contributed by atoms with E-state index in [1.165, 1.54) is 7.11 Å². The second kappa shape index (κ2) is 7.98. The van der Waals surface area contributed by atoms with E-state index in [0.717, 1.165) is 12.0 Å². The molecule has 118 valence electrons. The molecule has 3 atom stereocenters. The number of hydrogen-bond donors (Lipinski definition) is 1. The van der Waals surface area contributed by atoms with Crippen molar-refractivity contribution >= 4 is 11.9 Å². The molecule has 1 aliphatic heterocycles. The number of allylic oxidation sites excluding steroid dienone is 1. The number of carbonyl (C=O) groups is 2. The number of methoxy groups -OCH3 is 1. The molecule has 0 bridgehead atoms. The van der Waals surface area contributed by atoms with E-state index in [1.807, 2.05) is 19.9 Å². The highest BCUT2D eigenvalue weighted by Crippen LogP contribution is 2.26. The maximum atomic E-state index is 11.4. The first-order chi connectivity index (χ1) is 9.88. The molecule has 1 N–H and O–H groups in total. The molecular weight excluding hydrogens is 272 g/mol. The molecule has 1 rings (SSSR count). The monoisotopic (exact) mass is 296 g/mol. The Labute approximate surface area is 125 Å². The number of esters is 2. The van der Waals surface area contributed by atoms with Crippen LogP contribution in [0.1, 0.15) is 33.1 Å². The molecule has 0 aliphatic carbocycles. The van der Waals surface area contributed by atoms with Crippen LogP contribution in [0.4, 0.5) is 0 Å². The highest BCUT2D eigenvalue weighted by Gasteiger charge is 2.30. The first-order valence-electron chi connectivity index (χ1n) is 7.13. The molecule has 5 heteroatoms. The number of aliphatic hydroxyl groups excluding tert-OH is 1. The molecule has 0 saturated carbocycles. The van der Waals surface area contributed by atoms with Gasteiger partial charge in [-0.2, -0.15) is 0 Å². The minimum atomic E-state index is -0.501. The van der Waals surface area contributed by atoms with Crippen LogP contribution in [-0.2, 0) is 19.1 Å². The summed E-state index contributed by atoms with van der Waals surface area (Å²) in [4.78, 5) is 22.7. The molecular formula is C16H24O5. The van der Waals surface area contributed by atoms with E-state index >= 15 is 0 Å². The Balaban J connectivity index is 2.52. The zero-order valence-electron chi connectivity index (χ0n) is 12.9. The quantitative estimate of drug-likeness (QED) is 0.442. The summed E-state index contributed by atoms with van der Waals surface area (Å²) in [5.41, 5.74) is 1.34. The van der Waals surface area contributed by atoms with E-state index < -0.39 is 5.97 Å². The Hall–Kier alpha value is -1.62. The zero-order chi connectivity index (χ0) is 16.0. The first kappa shape index (κ1) is 17.4. The van der Waals surface area contributed by atoms with Crippen LogP contribution in [0.3, 0.4) is 0 Å². The van der Waals surface area contributed by atoms with E-state index in [2.05, 4.69) is 11.3 Å². The highest BCUT2D eigenvalue weighted by atomic mass is 16.6. The third kappa shape index (κ3) is 5.01. The first-order valence-corrected chi connectivity index (χ1v) is 7.13. The summed E-state index contributed by atoms with van der Waals surface area (Å²) in [6.45, 7) is 7.32. The van der Waals surface area contributed by atoms with Crippen LogP contribution in [-0.4, -0.2) is 36.9 Å². The van der Waals surface area contributed by atoms with Gasteiger partial charge in [-0.05, 0) is 19.8 Å². The fourth-order valence-electron chi connectivity index (χ4n) is 2.35. The summed E-state index contributed by atoms with van der Waals surface area (Å²) in [7, 11) is 1.29. The van der Waals surface area contributed by atoms with E-state index in [-0.39, 0.29) is 36.1 Å². The maximum Gasteiger partial charge on any atom is 0.333 e.